The molecule has 3 N–H and O–H groups in total. The lowest BCUT2D eigenvalue weighted by Crippen LogP contribution is -2.33. The molecule has 0 radical (unpaired) electrons. The Hall–Kier alpha value is -1.36. The molecular weight excluding hydrogens is 316 g/mol. The molecule has 0 aliphatic carbocycles. The van der Waals surface area contributed by atoms with Crippen LogP contribution in [0.4, 0.5) is 0 Å². The molecule has 1 aromatic heterocycles. The fraction of sp³-hybridized carbons (Fsp3) is 0.353. The molecule has 0 saturated carbocycles. The van der Waals surface area contributed by atoms with Crippen molar-refractivity contribution < 1.29 is 4.79 Å². The zero-order chi connectivity index (χ0) is 15.2. The van der Waals surface area contributed by atoms with Crippen LogP contribution < -0.4 is 11.1 Å². The van der Waals surface area contributed by atoms with E-state index >= 15 is 0 Å². The Labute approximate surface area is 142 Å². The number of carbonyl (C=O) groups is 1. The third kappa shape index (κ3) is 5.44. The second-order valence-electron chi connectivity index (χ2n) is 5.46. The molecule has 2 aromatic rings. The first kappa shape index (κ1) is 18.7. The number of nitrogens with two attached hydrogens (primary N) is 1. The van der Waals surface area contributed by atoms with Gasteiger partial charge in [-0.2, -0.15) is 0 Å². The van der Waals surface area contributed by atoms with E-state index in [4.69, 9.17) is 5.73 Å². The van der Waals surface area contributed by atoms with Crippen molar-refractivity contribution in [3.05, 3.63) is 57.8 Å². The number of carbonyl (C=O) groups excluding carboxylic acids is 1. The fourth-order valence-corrected chi connectivity index (χ4v) is 3.33. The van der Waals surface area contributed by atoms with E-state index in [0.717, 1.165) is 6.42 Å². The number of thiophene rings is 1. The van der Waals surface area contributed by atoms with E-state index in [2.05, 4.69) is 35.8 Å². The zero-order valence-corrected chi connectivity index (χ0v) is 14.5. The van der Waals surface area contributed by atoms with E-state index in [1.165, 1.54) is 16.0 Å². The first-order valence-electron chi connectivity index (χ1n) is 7.19. The molecule has 2 atom stereocenters. The van der Waals surface area contributed by atoms with Crippen LogP contribution in [0.2, 0.25) is 0 Å². The van der Waals surface area contributed by atoms with E-state index in [-0.39, 0.29) is 30.4 Å². The lowest BCUT2D eigenvalue weighted by molar-refractivity contribution is -0.122. The fourth-order valence-electron chi connectivity index (χ4n) is 2.35. The Morgan fingerprint density at radius 2 is 1.95 bits per heavy atom. The summed E-state index contributed by atoms with van der Waals surface area (Å²) in [6.45, 7) is 3.93. The minimum atomic E-state index is -0.119. The first-order chi connectivity index (χ1) is 10.1. The van der Waals surface area contributed by atoms with Crippen LogP contribution in [0.5, 0.6) is 0 Å². The van der Waals surface area contributed by atoms with Crippen LogP contribution in [0.3, 0.4) is 0 Å². The van der Waals surface area contributed by atoms with E-state index in [1.807, 2.05) is 25.1 Å². The van der Waals surface area contributed by atoms with Crippen molar-refractivity contribution in [1.29, 1.82) is 0 Å². The van der Waals surface area contributed by atoms with Gasteiger partial charge in [0.25, 0.3) is 0 Å². The average Bonchev–Trinajstić information content (AvgIpc) is 2.84. The molecule has 0 aliphatic rings. The number of amides is 1. The SMILES string of the molecule is Cc1ccsc1C(Cc1ccccc1)NC(=O)CC(C)N.Cl. The minimum Gasteiger partial charge on any atom is -0.348 e. The predicted octanol–water partition coefficient (Wildman–Crippen LogP) is 3.62. The van der Waals surface area contributed by atoms with Gasteiger partial charge in [0.1, 0.15) is 0 Å². The van der Waals surface area contributed by atoms with Gasteiger partial charge >= 0.3 is 0 Å². The van der Waals surface area contributed by atoms with Crippen LogP contribution in [0.15, 0.2) is 41.8 Å². The molecular formula is C17H23ClN2OS. The summed E-state index contributed by atoms with van der Waals surface area (Å²) in [6, 6.07) is 12.2. The van der Waals surface area contributed by atoms with Crippen molar-refractivity contribution in [2.24, 2.45) is 5.73 Å². The molecule has 1 amide bonds. The van der Waals surface area contributed by atoms with Gasteiger partial charge in [0, 0.05) is 17.3 Å². The molecule has 2 unspecified atom stereocenters. The average molecular weight is 339 g/mol. The van der Waals surface area contributed by atoms with Crippen molar-refractivity contribution in [2.75, 3.05) is 0 Å². The molecule has 5 heteroatoms. The van der Waals surface area contributed by atoms with Crippen molar-refractivity contribution in [3.63, 3.8) is 0 Å². The molecule has 22 heavy (non-hydrogen) atoms. The Bertz CT molecular complexity index is 583. The van der Waals surface area contributed by atoms with Gasteiger partial charge in [-0.15, -0.1) is 23.7 Å². The summed E-state index contributed by atoms with van der Waals surface area (Å²) in [6.07, 6.45) is 1.16. The molecule has 0 fully saturated rings. The number of aryl methyl sites for hydroxylation is 1. The molecule has 0 spiro atoms. The maximum atomic E-state index is 12.1. The Balaban J connectivity index is 0.00000242. The zero-order valence-electron chi connectivity index (χ0n) is 12.9. The molecule has 2 rings (SSSR count). The third-order valence-electron chi connectivity index (χ3n) is 3.34. The standard InChI is InChI=1S/C17H22N2OS.ClH/c1-12-8-9-21-17(12)15(19-16(20)10-13(2)18)11-14-6-4-3-5-7-14;/h3-9,13,15H,10-11,18H2,1-2H3,(H,19,20);1H. The molecule has 120 valence electrons. The van der Waals surface area contributed by atoms with Gasteiger partial charge in [0.15, 0.2) is 0 Å². The van der Waals surface area contributed by atoms with E-state index < -0.39 is 0 Å². The van der Waals surface area contributed by atoms with Gasteiger partial charge < -0.3 is 11.1 Å². The number of benzene rings is 1. The van der Waals surface area contributed by atoms with Gasteiger partial charge in [-0.1, -0.05) is 30.3 Å². The quantitative estimate of drug-likeness (QED) is 0.845. The van der Waals surface area contributed by atoms with Crippen LogP contribution in [0, 0.1) is 6.92 Å². The molecule has 0 bridgehead atoms. The smallest absolute Gasteiger partial charge is 0.222 e. The van der Waals surface area contributed by atoms with Crippen LogP contribution >= 0.6 is 23.7 Å². The van der Waals surface area contributed by atoms with Crippen LogP contribution in [-0.2, 0) is 11.2 Å². The minimum absolute atomic E-state index is 0. The number of rotatable bonds is 6. The van der Waals surface area contributed by atoms with Crippen LogP contribution in [0.25, 0.3) is 0 Å². The van der Waals surface area contributed by atoms with Gasteiger partial charge in [0.05, 0.1) is 6.04 Å². The lowest BCUT2D eigenvalue weighted by Gasteiger charge is -2.19. The predicted molar refractivity (Wildman–Crippen MR) is 95.6 cm³/mol. The lowest BCUT2D eigenvalue weighted by atomic mass is 10.0. The van der Waals surface area contributed by atoms with Gasteiger partial charge in [-0.05, 0) is 42.8 Å². The largest absolute Gasteiger partial charge is 0.348 e. The highest BCUT2D eigenvalue weighted by atomic mass is 35.5. The second-order valence-corrected chi connectivity index (χ2v) is 6.41. The molecule has 0 aliphatic heterocycles. The van der Waals surface area contributed by atoms with E-state index in [9.17, 15) is 4.79 Å². The van der Waals surface area contributed by atoms with E-state index in [1.54, 1.807) is 11.3 Å². The third-order valence-corrected chi connectivity index (χ3v) is 4.48. The number of hydrogen-bond donors (Lipinski definition) is 2. The molecule has 1 aromatic carbocycles. The number of halogens is 1. The second kappa shape index (κ2) is 8.93. The topological polar surface area (TPSA) is 55.1 Å². The molecule has 3 nitrogen and oxygen atoms in total. The van der Waals surface area contributed by atoms with Gasteiger partial charge in [-0.25, -0.2) is 0 Å². The number of nitrogens with one attached hydrogen (secondary N) is 1. The summed E-state index contributed by atoms with van der Waals surface area (Å²) >= 11 is 1.69. The van der Waals surface area contributed by atoms with Crippen LogP contribution in [0.1, 0.15) is 35.4 Å². The molecule has 0 saturated heterocycles. The van der Waals surface area contributed by atoms with Crippen molar-refractivity contribution in [2.45, 2.75) is 38.8 Å². The van der Waals surface area contributed by atoms with Gasteiger partial charge in [0.2, 0.25) is 5.91 Å². The van der Waals surface area contributed by atoms with E-state index in [0.29, 0.717) is 6.42 Å². The highest BCUT2D eigenvalue weighted by Gasteiger charge is 2.18. The summed E-state index contributed by atoms with van der Waals surface area (Å²) in [5, 5.41) is 5.20. The van der Waals surface area contributed by atoms with Crippen molar-refractivity contribution >= 4 is 29.7 Å². The number of hydrogen-bond acceptors (Lipinski definition) is 3. The summed E-state index contributed by atoms with van der Waals surface area (Å²) in [5.74, 6) is 0.0127. The maximum absolute atomic E-state index is 12.1. The maximum Gasteiger partial charge on any atom is 0.222 e. The highest BCUT2D eigenvalue weighted by Crippen LogP contribution is 2.27. The van der Waals surface area contributed by atoms with Gasteiger partial charge in [-0.3, -0.25) is 4.79 Å². The monoisotopic (exact) mass is 338 g/mol. The van der Waals surface area contributed by atoms with Crippen molar-refractivity contribution in [1.82, 2.24) is 5.32 Å². The Morgan fingerprint density at radius 3 is 2.50 bits per heavy atom. The normalized spacial score (nSPS) is 13.0. The molecule has 1 heterocycles. The summed E-state index contributed by atoms with van der Waals surface area (Å²) in [4.78, 5) is 13.3. The highest BCUT2D eigenvalue weighted by molar-refractivity contribution is 7.10. The Kier molecular flexibility index (Phi) is 7.59. The first-order valence-corrected chi connectivity index (χ1v) is 8.07. The van der Waals surface area contributed by atoms with Crippen LogP contribution in [-0.4, -0.2) is 11.9 Å². The van der Waals surface area contributed by atoms with Crippen molar-refractivity contribution in [3.8, 4) is 0 Å². The summed E-state index contributed by atoms with van der Waals surface area (Å²) in [5.41, 5.74) is 8.15. The Morgan fingerprint density at radius 1 is 1.27 bits per heavy atom. The summed E-state index contributed by atoms with van der Waals surface area (Å²) < 4.78 is 0. The summed E-state index contributed by atoms with van der Waals surface area (Å²) in [7, 11) is 0.